The molecule has 0 aliphatic carbocycles. The summed E-state index contributed by atoms with van der Waals surface area (Å²) >= 11 is 5.90. The molecule has 1 heterocycles. The summed E-state index contributed by atoms with van der Waals surface area (Å²) < 4.78 is 4.86. The number of carbonyl (C=O) groups is 1. The van der Waals surface area contributed by atoms with Crippen molar-refractivity contribution < 1.29 is 14.6 Å². The number of nitrogens with one attached hydrogen (secondary N) is 1. The van der Waals surface area contributed by atoms with E-state index in [9.17, 15) is 4.79 Å². The van der Waals surface area contributed by atoms with Crippen LogP contribution in [0.25, 0.3) is 0 Å². The Kier molecular flexibility index (Phi) is 5.64. The average molecular weight is 274 g/mol. The molecule has 1 rings (SSSR count). The van der Waals surface area contributed by atoms with Crippen molar-refractivity contribution in [3.63, 3.8) is 0 Å². The van der Waals surface area contributed by atoms with Crippen LogP contribution < -0.4 is 10.1 Å². The van der Waals surface area contributed by atoms with Gasteiger partial charge in [-0.15, -0.1) is 0 Å². The van der Waals surface area contributed by atoms with Crippen LogP contribution in [0.4, 0.5) is 5.82 Å². The van der Waals surface area contributed by atoms with Crippen LogP contribution in [0.3, 0.4) is 0 Å². The second-order valence-corrected chi connectivity index (χ2v) is 4.14. The Morgan fingerprint density at radius 2 is 2.39 bits per heavy atom. The van der Waals surface area contributed by atoms with Gasteiger partial charge in [0.2, 0.25) is 0 Å². The van der Waals surface area contributed by atoms with Gasteiger partial charge in [-0.2, -0.15) is 4.98 Å². The minimum absolute atomic E-state index is 0.140. The van der Waals surface area contributed by atoms with Gasteiger partial charge in [-0.25, -0.2) is 9.78 Å². The van der Waals surface area contributed by atoms with Crippen LogP contribution in [0.1, 0.15) is 26.2 Å². The quantitative estimate of drug-likeness (QED) is 0.792. The highest BCUT2D eigenvalue weighted by molar-refractivity contribution is 6.32. The van der Waals surface area contributed by atoms with E-state index >= 15 is 0 Å². The van der Waals surface area contributed by atoms with Gasteiger partial charge < -0.3 is 15.2 Å². The molecule has 2 N–H and O–H groups in total. The number of aromatic nitrogens is 2. The van der Waals surface area contributed by atoms with Crippen LogP contribution in [0, 0.1) is 0 Å². The van der Waals surface area contributed by atoms with Gasteiger partial charge in [-0.1, -0.05) is 31.4 Å². The van der Waals surface area contributed by atoms with Gasteiger partial charge >= 0.3 is 12.0 Å². The maximum absolute atomic E-state index is 11.1. The highest BCUT2D eigenvalue weighted by Gasteiger charge is 2.18. The van der Waals surface area contributed by atoms with Crippen molar-refractivity contribution in [2.75, 3.05) is 12.4 Å². The first-order valence-corrected chi connectivity index (χ1v) is 6.02. The van der Waals surface area contributed by atoms with Crippen molar-refractivity contribution in [2.45, 2.75) is 32.2 Å². The number of halogens is 1. The summed E-state index contributed by atoms with van der Waals surface area (Å²) in [4.78, 5) is 18.9. The Morgan fingerprint density at radius 1 is 1.67 bits per heavy atom. The second-order valence-electron chi connectivity index (χ2n) is 3.73. The normalized spacial score (nSPS) is 11.9. The fourth-order valence-corrected chi connectivity index (χ4v) is 1.53. The molecule has 0 amide bonds. The zero-order chi connectivity index (χ0) is 13.5. The molecular formula is C11H16ClN3O3. The lowest BCUT2D eigenvalue weighted by molar-refractivity contribution is -0.138. The van der Waals surface area contributed by atoms with Crippen molar-refractivity contribution in [1.29, 1.82) is 0 Å². The third-order valence-electron chi connectivity index (χ3n) is 2.36. The summed E-state index contributed by atoms with van der Waals surface area (Å²) in [5, 5.41) is 12.2. The number of hydrogen-bond acceptors (Lipinski definition) is 5. The van der Waals surface area contributed by atoms with Crippen molar-refractivity contribution in [3.8, 4) is 6.01 Å². The number of methoxy groups -OCH3 is 1. The van der Waals surface area contributed by atoms with E-state index in [4.69, 9.17) is 21.4 Å². The standard InChI is InChI=1S/C11H16ClN3O3/c1-3-4-5-8(10(16)17)14-9-7(12)6-13-11(15-9)18-2/h6,8H,3-5H2,1-2H3,(H,16,17)(H,13,14,15)/t8-/m0/s1. The summed E-state index contributed by atoms with van der Waals surface area (Å²) in [7, 11) is 1.43. The molecule has 7 heteroatoms. The number of unbranched alkanes of at least 4 members (excludes halogenated alkanes) is 1. The van der Waals surface area contributed by atoms with Gasteiger partial charge in [0.1, 0.15) is 11.1 Å². The fraction of sp³-hybridized carbons (Fsp3) is 0.545. The summed E-state index contributed by atoms with van der Waals surface area (Å²) in [6.07, 6.45) is 3.61. The molecule has 0 saturated heterocycles. The molecule has 6 nitrogen and oxygen atoms in total. The molecule has 0 unspecified atom stereocenters. The van der Waals surface area contributed by atoms with Crippen LogP contribution in [-0.4, -0.2) is 34.2 Å². The third kappa shape index (κ3) is 4.03. The number of anilines is 1. The Hall–Kier alpha value is -1.56. The molecule has 0 bridgehead atoms. The molecule has 0 aromatic carbocycles. The molecule has 0 aliphatic rings. The van der Waals surface area contributed by atoms with Crippen LogP contribution in [0.2, 0.25) is 5.02 Å². The first-order chi connectivity index (χ1) is 8.58. The third-order valence-corrected chi connectivity index (χ3v) is 2.64. The Bertz CT molecular complexity index is 415. The number of rotatable bonds is 7. The van der Waals surface area contributed by atoms with Crippen molar-refractivity contribution in [3.05, 3.63) is 11.2 Å². The zero-order valence-corrected chi connectivity index (χ0v) is 11.1. The van der Waals surface area contributed by atoms with Crippen LogP contribution in [0.15, 0.2) is 6.20 Å². The van der Waals surface area contributed by atoms with Crippen LogP contribution >= 0.6 is 11.6 Å². The lowest BCUT2D eigenvalue weighted by Crippen LogP contribution is -2.29. The van der Waals surface area contributed by atoms with Crippen molar-refractivity contribution in [2.24, 2.45) is 0 Å². The molecular weight excluding hydrogens is 258 g/mol. The predicted octanol–water partition coefficient (Wildman–Crippen LogP) is 2.19. The van der Waals surface area contributed by atoms with E-state index < -0.39 is 12.0 Å². The molecule has 1 aromatic rings. The molecule has 1 aromatic heterocycles. The Balaban J connectivity index is 2.82. The summed E-state index contributed by atoms with van der Waals surface area (Å²) in [6.45, 7) is 2.00. The highest BCUT2D eigenvalue weighted by Crippen LogP contribution is 2.21. The smallest absolute Gasteiger partial charge is 0.326 e. The summed E-state index contributed by atoms with van der Waals surface area (Å²) in [5.41, 5.74) is 0. The topological polar surface area (TPSA) is 84.3 Å². The monoisotopic (exact) mass is 273 g/mol. The van der Waals surface area contributed by atoms with Crippen LogP contribution in [0.5, 0.6) is 6.01 Å². The lowest BCUT2D eigenvalue weighted by atomic mass is 10.1. The highest BCUT2D eigenvalue weighted by atomic mass is 35.5. The van der Waals surface area contributed by atoms with Crippen molar-refractivity contribution in [1.82, 2.24) is 9.97 Å². The minimum Gasteiger partial charge on any atom is -0.480 e. The molecule has 0 spiro atoms. The maximum atomic E-state index is 11.1. The number of ether oxygens (including phenoxy) is 1. The van der Waals surface area contributed by atoms with E-state index in [0.29, 0.717) is 6.42 Å². The van der Waals surface area contributed by atoms with E-state index in [0.717, 1.165) is 12.8 Å². The molecule has 0 fully saturated rings. The SMILES string of the molecule is CCCC[C@H](Nc1nc(OC)ncc1Cl)C(=O)O. The fourth-order valence-electron chi connectivity index (χ4n) is 1.38. The number of nitrogens with zero attached hydrogens (tertiary/aromatic N) is 2. The van der Waals surface area contributed by atoms with Gasteiger partial charge in [-0.05, 0) is 6.42 Å². The van der Waals surface area contributed by atoms with Gasteiger partial charge in [0, 0.05) is 0 Å². The number of carboxylic acid groups (broad SMARTS) is 1. The zero-order valence-electron chi connectivity index (χ0n) is 10.3. The predicted molar refractivity (Wildman–Crippen MR) is 68.2 cm³/mol. The molecule has 0 saturated carbocycles. The molecule has 100 valence electrons. The number of aliphatic carboxylic acids is 1. The summed E-state index contributed by atoms with van der Waals surface area (Å²) in [5.74, 6) is -0.663. The lowest BCUT2D eigenvalue weighted by Gasteiger charge is -2.15. The minimum atomic E-state index is -0.933. The molecule has 1 atom stereocenters. The van der Waals surface area contributed by atoms with Gasteiger partial charge in [0.25, 0.3) is 0 Å². The Labute approximate surface area is 110 Å². The maximum Gasteiger partial charge on any atom is 0.326 e. The van der Waals surface area contributed by atoms with Crippen molar-refractivity contribution >= 4 is 23.4 Å². The van der Waals surface area contributed by atoms with E-state index in [1.54, 1.807) is 0 Å². The largest absolute Gasteiger partial charge is 0.480 e. The summed E-state index contributed by atoms with van der Waals surface area (Å²) in [6, 6.07) is -0.580. The van der Waals surface area contributed by atoms with Gasteiger partial charge in [0.05, 0.1) is 13.3 Å². The Morgan fingerprint density at radius 3 is 2.94 bits per heavy atom. The molecule has 0 aliphatic heterocycles. The average Bonchev–Trinajstić information content (AvgIpc) is 2.36. The first kappa shape index (κ1) is 14.5. The van der Waals surface area contributed by atoms with E-state index in [1.165, 1.54) is 13.3 Å². The van der Waals surface area contributed by atoms with Crippen LogP contribution in [-0.2, 0) is 4.79 Å². The van der Waals surface area contributed by atoms with E-state index in [-0.39, 0.29) is 16.9 Å². The van der Waals surface area contributed by atoms with E-state index in [1.807, 2.05) is 6.92 Å². The van der Waals surface area contributed by atoms with Gasteiger partial charge in [0.15, 0.2) is 5.82 Å². The molecule has 18 heavy (non-hydrogen) atoms. The van der Waals surface area contributed by atoms with Gasteiger partial charge in [-0.3, -0.25) is 0 Å². The first-order valence-electron chi connectivity index (χ1n) is 5.64. The number of hydrogen-bond donors (Lipinski definition) is 2. The number of carboxylic acids is 1. The second kappa shape index (κ2) is 7.00. The molecule has 0 radical (unpaired) electrons. The van der Waals surface area contributed by atoms with E-state index in [2.05, 4.69) is 15.3 Å².